The molecule has 0 saturated carbocycles. The average molecular weight is 182 g/mol. The molecule has 13 heavy (non-hydrogen) atoms. The molecule has 1 N–H and O–H groups in total. The maximum atomic E-state index is 9.43. The summed E-state index contributed by atoms with van der Waals surface area (Å²) in [7, 11) is 0. The fraction of sp³-hybridized carbons (Fsp3) is 0.833. The molecule has 1 atom stereocenters. The second kappa shape index (κ2) is 4.28. The van der Waals surface area contributed by atoms with Gasteiger partial charge in [0.05, 0.1) is 6.10 Å². The lowest BCUT2D eigenvalue weighted by atomic mass is 9.85. The Labute approximate surface area is 81.9 Å². The molecule has 0 aromatic carbocycles. The van der Waals surface area contributed by atoms with Gasteiger partial charge in [0, 0.05) is 0 Å². The van der Waals surface area contributed by atoms with E-state index in [9.17, 15) is 5.11 Å². The van der Waals surface area contributed by atoms with Gasteiger partial charge in [-0.2, -0.15) is 0 Å². The molecule has 1 rings (SSSR count). The van der Waals surface area contributed by atoms with E-state index < -0.39 is 0 Å². The minimum absolute atomic E-state index is 0.163. The van der Waals surface area contributed by atoms with Crippen molar-refractivity contribution in [2.75, 3.05) is 0 Å². The molecular formula is C12H22O. The second-order valence-electron chi connectivity index (χ2n) is 5.35. The van der Waals surface area contributed by atoms with E-state index in [0.29, 0.717) is 5.41 Å². The molecule has 0 fully saturated rings. The van der Waals surface area contributed by atoms with Gasteiger partial charge in [0.2, 0.25) is 0 Å². The smallest absolute Gasteiger partial charge is 0.0723 e. The summed E-state index contributed by atoms with van der Waals surface area (Å²) in [6, 6.07) is 0. The number of aliphatic hydroxyl groups excluding tert-OH is 1. The number of rotatable bonds is 2. The largest absolute Gasteiger partial charge is 0.389 e. The highest BCUT2D eigenvalue weighted by atomic mass is 16.3. The van der Waals surface area contributed by atoms with Crippen LogP contribution in [-0.4, -0.2) is 11.2 Å². The lowest BCUT2D eigenvalue weighted by Gasteiger charge is -2.22. The SMILES string of the molecule is CC(C)(C)CCC1=CC(O)CCC1. The fourth-order valence-corrected chi connectivity index (χ4v) is 1.72. The number of hydrogen-bond acceptors (Lipinski definition) is 1. The third-order valence-corrected chi connectivity index (χ3v) is 2.62. The van der Waals surface area contributed by atoms with Gasteiger partial charge in [-0.3, -0.25) is 0 Å². The highest BCUT2D eigenvalue weighted by molar-refractivity contribution is 5.08. The van der Waals surface area contributed by atoms with Crippen molar-refractivity contribution in [3.05, 3.63) is 11.6 Å². The molecule has 1 unspecified atom stereocenters. The first-order valence-electron chi connectivity index (χ1n) is 5.35. The minimum atomic E-state index is -0.163. The van der Waals surface area contributed by atoms with Crippen LogP contribution < -0.4 is 0 Å². The van der Waals surface area contributed by atoms with Gasteiger partial charge in [0.15, 0.2) is 0 Å². The molecular weight excluding hydrogens is 160 g/mol. The van der Waals surface area contributed by atoms with Gasteiger partial charge in [0.25, 0.3) is 0 Å². The Morgan fingerprint density at radius 3 is 2.69 bits per heavy atom. The predicted molar refractivity (Wildman–Crippen MR) is 56.6 cm³/mol. The first-order valence-corrected chi connectivity index (χ1v) is 5.35. The zero-order valence-electron chi connectivity index (χ0n) is 9.14. The highest BCUT2D eigenvalue weighted by Gasteiger charge is 2.14. The first-order chi connectivity index (χ1) is 5.97. The summed E-state index contributed by atoms with van der Waals surface area (Å²) in [5.41, 5.74) is 1.89. The quantitative estimate of drug-likeness (QED) is 0.650. The summed E-state index contributed by atoms with van der Waals surface area (Å²) in [6.07, 6.45) is 7.62. The highest BCUT2D eigenvalue weighted by Crippen LogP contribution is 2.28. The van der Waals surface area contributed by atoms with Crippen LogP contribution in [0.25, 0.3) is 0 Å². The van der Waals surface area contributed by atoms with Crippen LogP contribution in [-0.2, 0) is 0 Å². The second-order valence-corrected chi connectivity index (χ2v) is 5.35. The summed E-state index contributed by atoms with van der Waals surface area (Å²) in [6.45, 7) is 6.81. The molecule has 0 spiro atoms. The van der Waals surface area contributed by atoms with Crippen LogP contribution in [0.5, 0.6) is 0 Å². The van der Waals surface area contributed by atoms with E-state index >= 15 is 0 Å². The van der Waals surface area contributed by atoms with Crippen LogP contribution in [0.2, 0.25) is 0 Å². The fourth-order valence-electron chi connectivity index (χ4n) is 1.72. The van der Waals surface area contributed by atoms with Gasteiger partial charge >= 0.3 is 0 Å². The maximum Gasteiger partial charge on any atom is 0.0723 e. The lowest BCUT2D eigenvalue weighted by molar-refractivity contribution is 0.200. The third kappa shape index (κ3) is 4.47. The molecule has 1 aliphatic rings. The predicted octanol–water partition coefficient (Wildman–Crippen LogP) is 3.28. The molecule has 1 heteroatoms. The van der Waals surface area contributed by atoms with Crippen molar-refractivity contribution < 1.29 is 5.11 Å². The minimum Gasteiger partial charge on any atom is -0.389 e. The van der Waals surface area contributed by atoms with Crippen molar-refractivity contribution in [2.24, 2.45) is 5.41 Å². The van der Waals surface area contributed by atoms with E-state index in [1.165, 1.54) is 24.8 Å². The van der Waals surface area contributed by atoms with E-state index in [-0.39, 0.29) is 6.10 Å². The van der Waals surface area contributed by atoms with E-state index in [4.69, 9.17) is 0 Å². The Morgan fingerprint density at radius 2 is 2.15 bits per heavy atom. The Kier molecular flexibility index (Phi) is 3.55. The lowest BCUT2D eigenvalue weighted by Crippen LogP contribution is -2.11. The van der Waals surface area contributed by atoms with Crippen molar-refractivity contribution in [3.8, 4) is 0 Å². The maximum absolute atomic E-state index is 9.43. The van der Waals surface area contributed by atoms with Crippen LogP contribution in [0.4, 0.5) is 0 Å². The summed E-state index contributed by atoms with van der Waals surface area (Å²) < 4.78 is 0. The van der Waals surface area contributed by atoms with Crippen molar-refractivity contribution in [2.45, 2.75) is 59.0 Å². The molecule has 1 nitrogen and oxygen atoms in total. The molecule has 0 heterocycles. The van der Waals surface area contributed by atoms with Gasteiger partial charge < -0.3 is 5.11 Å². The standard InChI is InChI=1S/C12H22O/c1-12(2,3)8-7-10-5-4-6-11(13)9-10/h9,11,13H,4-8H2,1-3H3. The number of aliphatic hydroxyl groups is 1. The van der Waals surface area contributed by atoms with Crippen molar-refractivity contribution in [1.82, 2.24) is 0 Å². The summed E-state index contributed by atoms with van der Waals surface area (Å²) in [5, 5.41) is 9.43. The third-order valence-electron chi connectivity index (χ3n) is 2.62. The van der Waals surface area contributed by atoms with Gasteiger partial charge in [-0.25, -0.2) is 0 Å². The molecule has 0 aliphatic heterocycles. The van der Waals surface area contributed by atoms with Gasteiger partial charge in [0.1, 0.15) is 0 Å². The zero-order chi connectivity index (χ0) is 9.90. The molecule has 0 radical (unpaired) electrons. The van der Waals surface area contributed by atoms with E-state index in [2.05, 4.69) is 26.8 Å². The molecule has 0 aromatic rings. The first kappa shape index (κ1) is 10.8. The Hall–Kier alpha value is -0.300. The van der Waals surface area contributed by atoms with Crippen LogP contribution in [0.15, 0.2) is 11.6 Å². The zero-order valence-corrected chi connectivity index (χ0v) is 9.14. The molecule has 1 aliphatic carbocycles. The Bertz CT molecular complexity index is 186. The Balaban J connectivity index is 2.36. The average Bonchev–Trinajstić information content (AvgIpc) is 2.00. The van der Waals surface area contributed by atoms with Crippen molar-refractivity contribution >= 4 is 0 Å². The summed E-state index contributed by atoms with van der Waals surface area (Å²) in [4.78, 5) is 0. The molecule has 76 valence electrons. The molecule has 0 bridgehead atoms. The van der Waals surface area contributed by atoms with Crippen LogP contribution in [0.1, 0.15) is 52.9 Å². The van der Waals surface area contributed by atoms with Crippen LogP contribution in [0.3, 0.4) is 0 Å². The van der Waals surface area contributed by atoms with E-state index in [1.807, 2.05) is 0 Å². The summed E-state index contributed by atoms with van der Waals surface area (Å²) >= 11 is 0. The van der Waals surface area contributed by atoms with Gasteiger partial charge in [-0.1, -0.05) is 32.4 Å². The van der Waals surface area contributed by atoms with Gasteiger partial charge in [-0.05, 0) is 37.5 Å². The molecule has 0 aromatic heterocycles. The normalized spacial score (nSPS) is 24.3. The van der Waals surface area contributed by atoms with E-state index in [0.717, 1.165) is 12.8 Å². The topological polar surface area (TPSA) is 20.2 Å². The Morgan fingerprint density at radius 1 is 1.46 bits per heavy atom. The molecule has 0 saturated heterocycles. The monoisotopic (exact) mass is 182 g/mol. The van der Waals surface area contributed by atoms with E-state index in [1.54, 1.807) is 0 Å². The summed E-state index contributed by atoms with van der Waals surface area (Å²) in [5.74, 6) is 0. The van der Waals surface area contributed by atoms with Crippen molar-refractivity contribution in [1.29, 1.82) is 0 Å². The number of hydrogen-bond donors (Lipinski definition) is 1. The molecule has 0 amide bonds. The van der Waals surface area contributed by atoms with Gasteiger partial charge in [-0.15, -0.1) is 0 Å². The van der Waals surface area contributed by atoms with Crippen LogP contribution >= 0.6 is 0 Å². The number of allylic oxidation sites excluding steroid dienone is 1. The van der Waals surface area contributed by atoms with Crippen LogP contribution in [0, 0.1) is 5.41 Å². The van der Waals surface area contributed by atoms with Crippen molar-refractivity contribution in [3.63, 3.8) is 0 Å².